The molecule has 0 amide bonds. The van der Waals surface area contributed by atoms with E-state index in [1.54, 1.807) is 0 Å². The van der Waals surface area contributed by atoms with Crippen molar-refractivity contribution in [1.29, 1.82) is 0 Å². The van der Waals surface area contributed by atoms with Gasteiger partial charge >= 0.3 is 0 Å². The molecule has 2 atom stereocenters. The van der Waals surface area contributed by atoms with Crippen molar-refractivity contribution in [3.8, 4) is 0 Å². The second-order valence-electron chi connectivity index (χ2n) is 3.67. The minimum absolute atomic E-state index is 0.265. The maximum absolute atomic E-state index is 8.98. The van der Waals surface area contributed by atoms with Crippen LogP contribution in [0.4, 0.5) is 0 Å². The molecule has 0 aliphatic carbocycles. The summed E-state index contributed by atoms with van der Waals surface area (Å²) in [5.74, 6) is 0.621. The van der Waals surface area contributed by atoms with Crippen LogP contribution in [0.15, 0.2) is 12.1 Å². The van der Waals surface area contributed by atoms with Crippen LogP contribution in [0.1, 0.15) is 22.1 Å². The van der Waals surface area contributed by atoms with Gasteiger partial charge in [0.05, 0.1) is 6.61 Å². The highest BCUT2D eigenvalue weighted by Crippen LogP contribution is 2.30. The molecule has 1 aromatic heterocycles. The van der Waals surface area contributed by atoms with E-state index in [1.165, 1.54) is 9.75 Å². The van der Waals surface area contributed by atoms with Crippen molar-refractivity contribution < 1.29 is 5.11 Å². The first kappa shape index (κ1) is 9.19. The second kappa shape index (κ2) is 3.78. The average Bonchev–Trinajstić information content (AvgIpc) is 2.71. The monoisotopic (exact) mass is 197 g/mol. The predicted molar refractivity (Wildman–Crippen MR) is 55.3 cm³/mol. The number of rotatable bonds is 2. The Kier molecular flexibility index (Phi) is 2.67. The second-order valence-corrected chi connectivity index (χ2v) is 4.99. The molecule has 2 nitrogen and oxygen atoms in total. The summed E-state index contributed by atoms with van der Waals surface area (Å²) in [7, 11) is 0. The predicted octanol–water partition coefficient (Wildman–Crippen LogP) is 1.49. The van der Waals surface area contributed by atoms with Gasteiger partial charge < -0.3 is 10.4 Å². The summed E-state index contributed by atoms with van der Waals surface area (Å²) in [4.78, 5) is 2.84. The largest absolute Gasteiger partial charge is 0.395 e. The SMILES string of the molecule is Cc1ccc(C2CNC(CO)C2)s1. The molecule has 0 bridgehead atoms. The molecule has 0 saturated carbocycles. The Bertz CT molecular complexity index is 284. The van der Waals surface area contributed by atoms with Crippen LogP contribution in [0, 0.1) is 6.92 Å². The third kappa shape index (κ3) is 1.93. The highest BCUT2D eigenvalue weighted by atomic mass is 32.1. The quantitative estimate of drug-likeness (QED) is 0.753. The number of aliphatic hydroxyl groups is 1. The standard InChI is InChI=1S/C10H15NOS/c1-7-2-3-10(13-7)8-4-9(6-12)11-5-8/h2-3,8-9,11-12H,4-6H2,1H3. The summed E-state index contributed by atoms with van der Waals surface area (Å²) in [6, 6.07) is 4.70. The first-order valence-corrected chi connectivity index (χ1v) is 5.52. The first-order chi connectivity index (χ1) is 6.29. The first-order valence-electron chi connectivity index (χ1n) is 4.70. The number of aliphatic hydroxyl groups excluding tert-OH is 1. The van der Waals surface area contributed by atoms with Crippen LogP contribution < -0.4 is 5.32 Å². The Morgan fingerprint density at radius 2 is 2.46 bits per heavy atom. The smallest absolute Gasteiger partial charge is 0.0584 e. The molecule has 2 heterocycles. The lowest BCUT2D eigenvalue weighted by Gasteiger charge is -2.05. The van der Waals surface area contributed by atoms with Gasteiger partial charge in [-0.3, -0.25) is 0 Å². The van der Waals surface area contributed by atoms with Gasteiger partial charge in [-0.25, -0.2) is 0 Å². The summed E-state index contributed by atoms with van der Waals surface area (Å²) >= 11 is 1.88. The fraction of sp³-hybridized carbons (Fsp3) is 0.600. The molecule has 13 heavy (non-hydrogen) atoms. The fourth-order valence-electron chi connectivity index (χ4n) is 1.85. The highest BCUT2D eigenvalue weighted by Gasteiger charge is 2.25. The molecule has 0 spiro atoms. The van der Waals surface area contributed by atoms with Crippen LogP contribution in [0.5, 0.6) is 0 Å². The third-order valence-corrected chi connectivity index (χ3v) is 3.77. The van der Waals surface area contributed by atoms with Crippen molar-refractivity contribution in [3.63, 3.8) is 0 Å². The molecular weight excluding hydrogens is 182 g/mol. The van der Waals surface area contributed by atoms with Gasteiger partial charge in [-0.05, 0) is 25.5 Å². The maximum atomic E-state index is 8.98. The van der Waals surface area contributed by atoms with Gasteiger partial charge in [-0.1, -0.05) is 0 Å². The zero-order valence-corrected chi connectivity index (χ0v) is 8.60. The Morgan fingerprint density at radius 1 is 1.62 bits per heavy atom. The van der Waals surface area contributed by atoms with E-state index in [0.29, 0.717) is 12.0 Å². The van der Waals surface area contributed by atoms with Gasteiger partial charge in [0.15, 0.2) is 0 Å². The molecule has 2 N–H and O–H groups in total. The summed E-state index contributed by atoms with van der Waals surface area (Å²) in [5, 5.41) is 12.3. The molecule has 1 fully saturated rings. The number of hydrogen-bond acceptors (Lipinski definition) is 3. The van der Waals surface area contributed by atoms with Crippen LogP contribution in [0.2, 0.25) is 0 Å². The molecule has 0 radical (unpaired) electrons. The summed E-state index contributed by atoms with van der Waals surface area (Å²) in [5.41, 5.74) is 0. The van der Waals surface area contributed by atoms with Crippen molar-refractivity contribution in [2.45, 2.75) is 25.3 Å². The Balaban J connectivity index is 2.03. The third-order valence-electron chi connectivity index (χ3n) is 2.61. The van der Waals surface area contributed by atoms with Gasteiger partial charge in [-0.2, -0.15) is 0 Å². The lowest BCUT2D eigenvalue weighted by Crippen LogP contribution is -2.24. The summed E-state index contributed by atoms with van der Waals surface area (Å²) in [6.45, 7) is 3.42. The van der Waals surface area contributed by atoms with Crippen LogP contribution in [0.25, 0.3) is 0 Å². The molecule has 1 aromatic rings. The molecule has 1 aliphatic rings. The number of aryl methyl sites for hydroxylation is 1. The topological polar surface area (TPSA) is 32.3 Å². The normalized spacial score (nSPS) is 28.2. The van der Waals surface area contributed by atoms with E-state index < -0.39 is 0 Å². The highest BCUT2D eigenvalue weighted by molar-refractivity contribution is 7.12. The van der Waals surface area contributed by atoms with Crippen molar-refractivity contribution in [3.05, 3.63) is 21.9 Å². The molecule has 1 aliphatic heterocycles. The van der Waals surface area contributed by atoms with Crippen molar-refractivity contribution in [2.75, 3.05) is 13.2 Å². The van der Waals surface area contributed by atoms with Crippen molar-refractivity contribution >= 4 is 11.3 Å². The molecule has 1 saturated heterocycles. The number of nitrogens with one attached hydrogen (secondary N) is 1. The van der Waals surface area contributed by atoms with E-state index in [2.05, 4.69) is 24.4 Å². The molecular formula is C10H15NOS. The van der Waals surface area contributed by atoms with E-state index in [4.69, 9.17) is 5.11 Å². The zero-order valence-electron chi connectivity index (χ0n) is 7.79. The Labute approximate surface area is 82.6 Å². The molecule has 3 heteroatoms. The van der Waals surface area contributed by atoms with E-state index in [-0.39, 0.29) is 6.61 Å². The van der Waals surface area contributed by atoms with Gasteiger partial charge in [0, 0.05) is 28.3 Å². The minimum Gasteiger partial charge on any atom is -0.395 e. The van der Waals surface area contributed by atoms with Crippen molar-refractivity contribution in [1.82, 2.24) is 5.32 Å². The number of hydrogen-bond donors (Lipinski definition) is 2. The van der Waals surface area contributed by atoms with Crippen LogP contribution in [0.3, 0.4) is 0 Å². The van der Waals surface area contributed by atoms with E-state index in [0.717, 1.165) is 13.0 Å². The van der Waals surface area contributed by atoms with Gasteiger partial charge in [-0.15, -0.1) is 11.3 Å². The lowest BCUT2D eigenvalue weighted by atomic mass is 10.0. The summed E-state index contributed by atoms with van der Waals surface area (Å²) < 4.78 is 0. The van der Waals surface area contributed by atoms with E-state index in [9.17, 15) is 0 Å². The van der Waals surface area contributed by atoms with E-state index in [1.807, 2.05) is 11.3 Å². The molecule has 2 unspecified atom stereocenters. The molecule has 2 rings (SSSR count). The van der Waals surface area contributed by atoms with Crippen LogP contribution in [-0.4, -0.2) is 24.3 Å². The van der Waals surface area contributed by atoms with E-state index >= 15 is 0 Å². The molecule has 72 valence electrons. The lowest BCUT2D eigenvalue weighted by molar-refractivity contribution is 0.254. The van der Waals surface area contributed by atoms with Crippen molar-refractivity contribution in [2.24, 2.45) is 0 Å². The summed E-state index contributed by atoms with van der Waals surface area (Å²) in [6.07, 6.45) is 1.08. The van der Waals surface area contributed by atoms with Gasteiger partial charge in [0.1, 0.15) is 0 Å². The minimum atomic E-state index is 0.265. The zero-order chi connectivity index (χ0) is 9.26. The van der Waals surface area contributed by atoms with Gasteiger partial charge in [0.2, 0.25) is 0 Å². The number of thiophene rings is 1. The van der Waals surface area contributed by atoms with Gasteiger partial charge in [0.25, 0.3) is 0 Å². The molecule has 0 aromatic carbocycles. The Hall–Kier alpha value is -0.380. The maximum Gasteiger partial charge on any atom is 0.0584 e. The van der Waals surface area contributed by atoms with Crippen LogP contribution >= 0.6 is 11.3 Å². The van der Waals surface area contributed by atoms with Crippen LogP contribution in [-0.2, 0) is 0 Å². The Morgan fingerprint density at radius 3 is 3.00 bits per heavy atom. The average molecular weight is 197 g/mol. The fourth-order valence-corrected chi connectivity index (χ4v) is 2.84.